The van der Waals surface area contributed by atoms with Gasteiger partial charge in [0.1, 0.15) is 12.2 Å². The van der Waals surface area contributed by atoms with Crippen LogP contribution < -0.4 is 0 Å². The fourth-order valence-corrected chi connectivity index (χ4v) is 10.9. The highest BCUT2D eigenvalue weighted by atomic mass is 16.5. The van der Waals surface area contributed by atoms with Gasteiger partial charge in [0.15, 0.2) is 11.5 Å². The van der Waals surface area contributed by atoms with E-state index in [1.165, 1.54) is 66.8 Å². The predicted octanol–water partition coefficient (Wildman–Crippen LogP) is 8.73. The minimum absolute atomic E-state index is 0.0125. The molecule has 0 saturated heterocycles. The van der Waals surface area contributed by atoms with Crippen LogP contribution in [-0.4, -0.2) is 34.1 Å². The zero-order chi connectivity index (χ0) is 29.9. The van der Waals surface area contributed by atoms with Crippen molar-refractivity contribution < 1.29 is 9.47 Å². The van der Waals surface area contributed by atoms with Crippen molar-refractivity contribution in [1.82, 2.24) is 9.80 Å². The van der Waals surface area contributed by atoms with Gasteiger partial charge < -0.3 is 19.3 Å². The fraction of sp³-hybridized carbons (Fsp3) is 0.429. The standard InChI is InChI=1S/C42H42N2O2/c1-5-15-34-26(10-1)27-11-2-6-16-35(27)43(34)25-20-23-39-33(24-25)32-22-21-31-30-14-9-19-38(40(30)46-42(31)41(32)45-39)44-36-17-7-3-12-28(36)29-13-4-8-18-37(29)44/h1-2,7-11,14,17-20,23-24,26,28,30,33-34,36,39-40H,3-6,12-13,15-16,21-22H2. The van der Waals surface area contributed by atoms with E-state index < -0.39 is 0 Å². The molecule has 4 heteroatoms. The highest BCUT2D eigenvalue weighted by Gasteiger charge is 2.51. The average Bonchev–Trinajstić information content (AvgIpc) is 3.86. The number of ether oxygens (including phenoxy) is 2. The summed E-state index contributed by atoms with van der Waals surface area (Å²) >= 11 is 0. The summed E-state index contributed by atoms with van der Waals surface area (Å²) in [6, 6.07) is 0.953. The Morgan fingerprint density at radius 2 is 1.50 bits per heavy atom. The van der Waals surface area contributed by atoms with Crippen molar-refractivity contribution in [2.45, 2.75) is 88.5 Å². The number of rotatable bonds is 2. The lowest BCUT2D eigenvalue weighted by Gasteiger charge is -2.38. The lowest BCUT2D eigenvalue weighted by molar-refractivity contribution is 0.0937. The summed E-state index contributed by atoms with van der Waals surface area (Å²) in [7, 11) is 0. The molecule has 0 fully saturated rings. The summed E-state index contributed by atoms with van der Waals surface area (Å²) in [5.41, 5.74) is 11.8. The molecule has 0 bridgehead atoms. The third-order valence-electron chi connectivity index (χ3n) is 12.8. The van der Waals surface area contributed by atoms with E-state index in [2.05, 4.69) is 94.9 Å². The Kier molecular flexibility index (Phi) is 5.58. The van der Waals surface area contributed by atoms with Crippen LogP contribution in [0.15, 0.2) is 142 Å². The van der Waals surface area contributed by atoms with Gasteiger partial charge in [0.25, 0.3) is 0 Å². The van der Waals surface area contributed by atoms with Crippen molar-refractivity contribution in [3.63, 3.8) is 0 Å². The summed E-state index contributed by atoms with van der Waals surface area (Å²) in [6.45, 7) is 0. The Bertz CT molecular complexity index is 1820. The Morgan fingerprint density at radius 3 is 2.48 bits per heavy atom. The normalized spacial score (nSPS) is 39.0. The zero-order valence-electron chi connectivity index (χ0n) is 26.5. The lowest BCUT2D eigenvalue weighted by atomic mass is 9.79. The molecule has 46 heavy (non-hydrogen) atoms. The first-order valence-corrected chi connectivity index (χ1v) is 18.1. The van der Waals surface area contributed by atoms with Crippen LogP contribution in [0.2, 0.25) is 0 Å². The Balaban J connectivity index is 0.920. The number of hydrogen-bond acceptors (Lipinski definition) is 4. The second-order valence-corrected chi connectivity index (χ2v) is 14.9. The van der Waals surface area contributed by atoms with Gasteiger partial charge in [0.2, 0.25) is 0 Å². The van der Waals surface area contributed by atoms with E-state index in [-0.39, 0.29) is 24.0 Å². The molecule has 4 heterocycles. The second-order valence-electron chi connectivity index (χ2n) is 14.9. The molecule has 11 aliphatic rings. The SMILES string of the molecule is C1=CC2C3=C(OC2C(N2C4=C(CCC=C4)C4CCC=CC42)=C1)C1=C(CC3)C2C=C(N3C4=C(C=CCC4)C4C=CCCC43)C=CC2O1. The fourth-order valence-electron chi connectivity index (χ4n) is 10.9. The van der Waals surface area contributed by atoms with Gasteiger partial charge in [0, 0.05) is 46.8 Å². The molecule has 8 unspecified atom stereocenters. The van der Waals surface area contributed by atoms with Crippen LogP contribution in [0.25, 0.3) is 0 Å². The van der Waals surface area contributed by atoms with Crippen LogP contribution in [0.4, 0.5) is 0 Å². The largest absolute Gasteiger partial charge is 0.482 e. The highest BCUT2D eigenvalue weighted by Crippen LogP contribution is 2.56. The van der Waals surface area contributed by atoms with Gasteiger partial charge in [-0.25, -0.2) is 0 Å². The van der Waals surface area contributed by atoms with Crippen molar-refractivity contribution in [3.8, 4) is 0 Å². The third kappa shape index (κ3) is 3.51. The van der Waals surface area contributed by atoms with Gasteiger partial charge in [-0.15, -0.1) is 0 Å². The van der Waals surface area contributed by atoms with Crippen molar-refractivity contribution in [1.29, 1.82) is 0 Å². The zero-order valence-corrected chi connectivity index (χ0v) is 26.5. The molecule has 4 nitrogen and oxygen atoms in total. The lowest BCUT2D eigenvalue weighted by Crippen LogP contribution is -2.39. The molecule has 11 rings (SSSR count). The molecule has 0 radical (unpaired) electrons. The Labute approximate surface area is 272 Å². The maximum Gasteiger partial charge on any atom is 0.162 e. The highest BCUT2D eigenvalue weighted by molar-refractivity contribution is 5.53. The van der Waals surface area contributed by atoms with Gasteiger partial charge in [0.05, 0.1) is 11.7 Å². The second kappa shape index (κ2) is 9.80. The van der Waals surface area contributed by atoms with Gasteiger partial charge in [-0.1, -0.05) is 54.7 Å². The molecule has 0 amide bonds. The number of nitrogens with zero attached hydrogens (tertiary/aromatic N) is 2. The monoisotopic (exact) mass is 606 g/mol. The summed E-state index contributed by atoms with van der Waals surface area (Å²) in [5, 5.41) is 0. The van der Waals surface area contributed by atoms with Gasteiger partial charge in [-0.05, 0) is 117 Å². The molecule has 0 aromatic carbocycles. The van der Waals surface area contributed by atoms with Crippen LogP contribution >= 0.6 is 0 Å². The summed E-state index contributed by atoms with van der Waals surface area (Å²) in [5.74, 6) is 3.83. The molecule has 0 aromatic heterocycles. The van der Waals surface area contributed by atoms with Crippen LogP contribution in [0.5, 0.6) is 0 Å². The van der Waals surface area contributed by atoms with E-state index in [9.17, 15) is 0 Å². The van der Waals surface area contributed by atoms with E-state index in [1.54, 1.807) is 16.8 Å². The van der Waals surface area contributed by atoms with Crippen molar-refractivity contribution >= 4 is 0 Å². The first-order valence-electron chi connectivity index (χ1n) is 18.1. The van der Waals surface area contributed by atoms with E-state index >= 15 is 0 Å². The van der Waals surface area contributed by atoms with Crippen LogP contribution in [0.1, 0.15) is 64.2 Å². The molecular formula is C42H42N2O2. The number of fused-ring (bicyclic) bond motifs is 9. The minimum atomic E-state index is 0.0125. The smallest absolute Gasteiger partial charge is 0.162 e. The molecule has 4 aliphatic heterocycles. The van der Waals surface area contributed by atoms with E-state index in [0.717, 1.165) is 37.2 Å². The van der Waals surface area contributed by atoms with E-state index in [4.69, 9.17) is 9.47 Å². The summed E-state index contributed by atoms with van der Waals surface area (Å²) in [6.07, 6.45) is 45.3. The van der Waals surface area contributed by atoms with Crippen LogP contribution in [0, 0.1) is 23.7 Å². The molecule has 0 saturated carbocycles. The van der Waals surface area contributed by atoms with E-state index in [1.807, 2.05) is 0 Å². The molecular weight excluding hydrogens is 564 g/mol. The number of hydrogen-bond donors (Lipinski definition) is 0. The molecule has 8 atom stereocenters. The van der Waals surface area contributed by atoms with Crippen molar-refractivity contribution in [2.24, 2.45) is 23.7 Å². The first-order chi connectivity index (χ1) is 22.8. The Morgan fingerprint density at radius 1 is 0.652 bits per heavy atom. The maximum absolute atomic E-state index is 7.13. The summed E-state index contributed by atoms with van der Waals surface area (Å²) < 4.78 is 14.0. The third-order valence-corrected chi connectivity index (χ3v) is 12.8. The predicted molar refractivity (Wildman–Crippen MR) is 180 cm³/mol. The maximum atomic E-state index is 7.13. The molecule has 0 spiro atoms. The quantitative estimate of drug-likeness (QED) is 0.294. The van der Waals surface area contributed by atoms with Crippen LogP contribution in [-0.2, 0) is 9.47 Å². The molecule has 7 aliphatic carbocycles. The van der Waals surface area contributed by atoms with Crippen LogP contribution in [0.3, 0.4) is 0 Å². The van der Waals surface area contributed by atoms with Gasteiger partial charge >= 0.3 is 0 Å². The molecule has 0 N–H and O–H groups in total. The van der Waals surface area contributed by atoms with Gasteiger partial charge in [-0.3, -0.25) is 0 Å². The Hall–Kier alpha value is -3.92. The molecule has 232 valence electrons. The topological polar surface area (TPSA) is 24.9 Å². The summed E-state index contributed by atoms with van der Waals surface area (Å²) in [4.78, 5) is 5.38. The molecule has 0 aromatic rings. The minimum Gasteiger partial charge on any atom is -0.482 e. The number of allylic oxidation sites excluding steroid dienone is 10. The first kappa shape index (κ1) is 26.2. The van der Waals surface area contributed by atoms with Crippen molar-refractivity contribution in [3.05, 3.63) is 142 Å². The van der Waals surface area contributed by atoms with Crippen molar-refractivity contribution in [2.75, 3.05) is 0 Å². The average molecular weight is 607 g/mol. The van der Waals surface area contributed by atoms with Gasteiger partial charge in [-0.2, -0.15) is 0 Å². The van der Waals surface area contributed by atoms with E-state index in [0.29, 0.717) is 23.9 Å².